The van der Waals surface area contributed by atoms with Crippen molar-refractivity contribution in [2.75, 3.05) is 7.11 Å². The largest absolute Gasteiger partial charge is 0.464 e. The van der Waals surface area contributed by atoms with E-state index in [-0.39, 0.29) is 5.69 Å². The standard InChI is InChI=1S/C8H8FNO2/c1-5-4-10-7(3-6(5)9)8(11)12-2/h3-4H,1-2H3. The highest BCUT2D eigenvalue weighted by atomic mass is 19.1. The van der Waals surface area contributed by atoms with Crippen LogP contribution in [0.5, 0.6) is 0 Å². The topological polar surface area (TPSA) is 39.2 Å². The molecule has 12 heavy (non-hydrogen) atoms. The summed E-state index contributed by atoms with van der Waals surface area (Å²) in [6, 6.07) is 1.06. The quantitative estimate of drug-likeness (QED) is 0.595. The van der Waals surface area contributed by atoms with Crippen molar-refractivity contribution < 1.29 is 13.9 Å². The first-order chi connectivity index (χ1) is 5.65. The maximum Gasteiger partial charge on any atom is 0.356 e. The molecule has 0 saturated carbocycles. The number of carbonyl (C=O) groups is 1. The van der Waals surface area contributed by atoms with Crippen LogP contribution in [0.25, 0.3) is 0 Å². The Morgan fingerprint density at radius 3 is 2.83 bits per heavy atom. The maximum atomic E-state index is 12.8. The molecular weight excluding hydrogens is 161 g/mol. The molecule has 64 valence electrons. The van der Waals surface area contributed by atoms with Gasteiger partial charge in [-0.15, -0.1) is 0 Å². The smallest absolute Gasteiger partial charge is 0.356 e. The number of rotatable bonds is 1. The van der Waals surface area contributed by atoms with E-state index in [9.17, 15) is 9.18 Å². The summed E-state index contributed by atoms with van der Waals surface area (Å²) >= 11 is 0. The number of pyridine rings is 1. The number of hydrogen-bond donors (Lipinski definition) is 0. The fraction of sp³-hybridized carbons (Fsp3) is 0.250. The zero-order valence-electron chi connectivity index (χ0n) is 6.80. The third-order valence-electron chi connectivity index (χ3n) is 1.43. The maximum absolute atomic E-state index is 12.8. The van der Waals surface area contributed by atoms with Crippen molar-refractivity contribution in [2.24, 2.45) is 0 Å². The first kappa shape index (κ1) is 8.64. The Bertz CT molecular complexity index is 312. The molecular formula is C8H8FNO2. The van der Waals surface area contributed by atoms with Gasteiger partial charge in [0.05, 0.1) is 7.11 Å². The number of aromatic nitrogens is 1. The molecule has 0 fully saturated rings. The van der Waals surface area contributed by atoms with E-state index in [0.29, 0.717) is 5.56 Å². The summed E-state index contributed by atoms with van der Waals surface area (Å²) in [7, 11) is 1.22. The van der Waals surface area contributed by atoms with Gasteiger partial charge in [-0.2, -0.15) is 0 Å². The Kier molecular flexibility index (Phi) is 2.38. The van der Waals surface area contributed by atoms with Crippen LogP contribution in [0.3, 0.4) is 0 Å². The summed E-state index contributed by atoms with van der Waals surface area (Å²) in [6.45, 7) is 1.57. The van der Waals surface area contributed by atoms with Crippen molar-refractivity contribution >= 4 is 5.97 Å². The van der Waals surface area contributed by atoms with Crippen LogP contribution in [0, 0.1) is 12.7 Å². The second-order valence-corrected chi connectivity index (χ2v) is 2.31. The van der Waals surface area contributed by atoms with Crippen LogP contribution < -0.4 is 0 Å². The van der Waals surface area contributed by atoms with E-state index >= 15 is 0 Å². The highest BCUT2D eigenvalue weighted by Gasteiger charge is 2.08. The predicted octanol–water partition coefficient (Wildman–Crippen LogP) is 1.32. The van der Waals surface area contributed by atoms with Crippen molar-refractivity contribution in [3.8, 4) is 0 Å². The van der Waals surface area contributed by atoms with Crippen molar-refractivity contribution in [1.82, 2.24) is 4.98 Å². The summed E-state index contributed by atoms with van der Waals surface area (Å²) in [5, 5.41) is 0. The molecule has 0 aliphatic carbocycles. The zero-order valence-corrected chi connectivity index (χ0v) is 6.80. The van der Waals surface area contributed by atoms with E-state index in [1.54, 1.807) is 6.92 Å². The van der Waals surface area contributed by atoms with E-state index in [2.05, 4.69) is 9.72 Å². The predicted molar refractivity (Wildman–Crippen MR) is 40.3 cm³/mol. The number of carbonyl (C=O) groups excluding carboxylic acids is 1. The zero-order chi connectivity index (χ0) is 9.14. The number of methoxy groups -OCH3 is 1. The van der Waals surface area contributed by atoms with Crippen molar-refractivity contribution in [1.29, 1.82) is 0 Å². The normalized spacial score (nSPS) is 9.58. The fourth-order valence-electron chi connectivity index (χ4n) is 0.715. The van der Waals surface area contributed by atoms with Crippen LogP contribution in [-0.2, 0) is 4.74 Å². The Labute approximate surface area is 69.2 Å². The summed E-state index contributed by atoms with van der Waals surface area (Å²) in [5.74, 6) is -1.08. The molecule has 0 atom stereocenters. The lowest BCUT2D eigenvalue weighted by molar-refractivity contribution is 0.0593. The molecule has 0 aliphatic rings. The van der Waals surface area contributed by atoms with Gasteiger partial charge in [-0.25, -0.2) is 14.2 Å². The summed E-state index contributed by atoms with van der Waals surface area (Å²) in [4.78, 5) is 14.5. The van der Waals surface area contributed by atoms with E-state index < -0.39 is 11.8 Å². The van der Waals surface area contributed by atoms with E-state index in [0.717, 1.165) is 6.07 Å². The van der Waals surface area contributed by atoms with Crippen LogP contribution in [0.15, 0.2) is 12.3 Å². The molecule has 1 aromatic heterocycles. The second-order valence-electron chi connectivity index (χ2n) is 2.31. The van der Waals surface area contributed by atoms with Gasteiger partial charge >= 0.3 is 5.97 Å². The van der Waals surface area contributed by atoms with Gasteiger partial charge in [0, 0.05) is 17.8 Å². The number of hydrogen-bond acceptors (Lipinski definition) is 3. The van der Waals surface area contributed by atoms with Crippen LogP contribution in [0.1, 0.15) is 16.1 Å². The summed E-state index contributed by atoms with van der Waals surface area (Å²) in [5.41, 5.74) is 0.392. The number of ether oxygens (including phenoxy) is 1. The number of aryl methyl sites for hydroxylation is 1. The Morgan fingerprint density at radius 2 is 2.33 bits per heavy atom. The third-order valence-corrected chi connectivity index (χ3v) is 1.43. The van der Waals surface area contributed by atoms with Gasteiger partial charge in [-0.3, -0.25) is 0 Å². The van der Waals surface area contributed by atoms with E-state index in [1.807, 2.05) is 0 Å². The van der Waals surface area contributed by atoms with Gasteiger partial charge in [0.1, 0.15) is 5.82 Å². The third kappa shape index (κ3) is 1.58. The molecule has 0 N–H and O–H groups in total. The lowest BCUT2D eigenvalue weighted by Crippen LogP contribution is -2.05. The average Bonchev–Trinajstić information content (AvgIpc) is 2.08. The van der Waals surface area contributed by atoms with Crippen LogP contribution in [-0.4, -0.2) is 18.1 Å². The molecule has 0 bridgehead atoms. The van der Waals surface area contributed by atoms with Crippen molar-refractivity contribution in [3.05, 3.63) is 29.3 Å². The molecule has 1 heterocycles. The summed E-state index contributed by atoms with van der Waals surface area (Å²) < 4.78 is 17.2. The minimum atomic E-state index is -0.631. The first-order valence-corrected chi connectivity index (χ1v) is 3.35. The Morgan fingerprint density at radius 1 is 1.67 bits per heavy atom. The molecule has 0 unspecified atom stereocenters. The number of nitrogens with zero attached hydrogens (tertiary/aromatic N) is 1. The molecule has 0 amide bonds. The SMILES string of the molecule is COC(=O)c1cc(F)c(C)cn1. The monoisotopic (exact) mass is 169 g/mol. The molecule has 0 saturated heterocycles. The second kappa shape index (κ2) is 3.30. The average molecular weight is 169 g/mol. The molecule has 4 heteroatoms. The van der Waals surface area contributed by atoms with Crippen molar-refractivity contribution in [2.45, 2.75) is 6.92 Å². The van der Waals surface area contributed by atoms with E-state index in [4.69, 9.17) is 0 Å². The Hall–Kier alpha value is -1.45. The van der Waals surface area contributed by atoms with Gasteiger partial charge in [-0.05, 0) is 6.92 Å². The summed E-state index contributed by atoms with van der Waals surface area (Å²) in [6.07, 6.45) is 1.29. The number of esters is 1. The first-order valence-electron chi connectivity index (χ1n) is 3.35. The molecule has 0 aromatic carbocycles. The van der Waals surface area contributed by atoms with Crippen LogP contribution >= 0.6 is 0 Å². The minimum Gasteiger partial charge on any atom is -0.464 e. The van der Waals surface area contributed by atoms with Gasteiger partial charge in [-0.1, -0.05) is 0 Å². The lowest BCUT2D eigenvalue weighted by atomic mass is 10.2. The van der Waals surface area contributed by atoms with E-state index in [1.165, 1.54) is 13.3 Å². The molecule has 0 aliphatic heterocycles. The highest BCUT2D eigenvalue weighted by molar-refractivity contribution is 5.87. The van der Waals surface area contributed by atoms with Crippen LogP contribution in [0.2, 0.25) is 0 Å². The van der Waals surface area contributed by atoms with Gasteiger partial charge in [0.15, 0.2) is 5.69 Å². The van der Waals surface area contributed by atoms with Gasteiger partial charge in [0.2, 0.25) is 0 Å². The molecule has 0 spiro atoms. The molecule has 3 nitrogen and oxygen atoms in total. The molecule has 1 rings (SSSR count). The lowest BCUT2D eigenvalue weighted by Gasteiger charge is -1.99. The van der Waals surface area contributed by atoms with Gasteiger partial charge in [0.25, 0.3) is 0 Å². The van der Waals surface area contributed by atoms with Crippen LogP contribution in [0.4, 0.5) is 4.39 Å². The molecule has 1 aromatic rings. The molecule has 0 radical (unpaired) electrons. The fourth-order valence-corrected chi connectivity index (χ4v) is 0.715. The minimum absolute atomic E-state index is 0.0133. The Balaban J connectivity index is 3.05. The number of halogens is 1. The highest BCUT2D eigenvalue weighted by Crippen LogP contribution is 2.06. The van der Waals surface area contributed by atoms with Crippen molar-refractivity contribution in [3.63, 3.8) is 0 Å². The van der Waals surface area contributed by atoms with Gasteiger partial charge < -0.3 is 4.74 Å².